The minimum absolute atomic E-state index is 0.270. The summed E-state index contributed by atoms with van der Waals surface area (Å²) in [4.78, 5) is 10.7. The Bertz CT molecular complexity index is 335. The molecule has 0 aliphatic rings. The first-order valence-electron chi connectivity index (χ1n) is 3.47. The van der Waals surface area contributed by atoms with E-state index in [1.165, 1.54) is 0 Å². The van der Waals surface area contributed by atoms with Gasteiger partial charge in [-0.15, -0.1) is 0 Å². The lowest BCUT2D eigenvalue weighted by Gasteiger charge is -2.09. The second kappa shape index (κ2) is 4.15. The van der Waals surface area contributed by atoms with Crippen LogP contribution in [0, 0.1) is 0 Å². The lowest BCUT2D eigenvalue weighted by atomic mass is 10.2. The van der Waals surface area contributed by atoms with E-state index in [1.807, 2.05) is 0 Å². The zero-order chi connectivity index (χ0) is 9.84. The number of anilines is 1. The average molecular weight is 211 g/mol. The topological polar surface area (TPSA) is 55.1 Å². The monoisotopic (exact) mass is 211 g/mol. The highest BCUT2D eigenvalue weighted by Crippen LogP contribution is 2.08. The number of benzene rings is 1. The standard InChI is InChI=1S/C8H8N2OS2/c9-7(11)5-1-3-6(4-2-5)10-8(12)13/h1-4H,(H2,9,11)(H2,10,12,13)/p-1. The fourth-order valence-electron chi connectivity index (χ4n) is 0.836. The molecule has 3 N–H and O–H groups in total. The van der Waals surface area contributed by atoms with E-state index in [9.17, 15) is 4.79 Å². The van der Waals surface area contributed by atoms with Crippen molar-refractivity contribution in [3.05, 3.63) is 29.8 Å². The fourth-order valence-corrected chi connectivity index (χ4v) is 1.07. The Balaban J connectivity index is 2.81. The van der Waals surface area contributed by atoms with Crippen LogP contribution in [0.3, 0.4) is 0 Å². The highest BCUT2D eigenvalue weighted by Gasteiger charge is 1.97. The van der Waals surface area contributed by atoms with Crippen molar-refractivity contribution >= 4 is 40.8 Å². The van der Waals surface area contributed by atoms with Crippen molar-refractivity contribution < 1.29 is 4.79 Å². The molecule has 1 aromatic rings. The fraction of sp³-hybridized carbons (Fsp3) is 0. The first-order chi connectivity index (χ1) is 6.09. The van der Waals surface area contributed by atoms with Gasteiger partial charge in [-0.2, -0.15) is 0 Å². The van der Waals surface area contributed by atoms with Crippen molar-refractivity contribution in [1.29, 1.82) is 0 Å². The Morgan fingerprint density at radius 1 is 1.38 bits per heavy atom. The minimum Gasteiger partial charge on any atom is -0.411 e. The van der Waals surface area contributed by atoms with Crippen LogP contribution < -0.4 is 11.1 Å². The van der Waals surface area contributed by atoms with Crippen LogP contribution in [0.2, 0.25) is 0 Å². The van der Waals surface area contributed by atoms with Crippen LogP contribution in [-0.4, -0.2) is 10.2 Å². The summed E-state index contributed by atoms with van der Waals surface area (Å²) in [5, 5.41) is 2.77. The number of carbonyl (C=O) groups is 1. The Morgan fingerprint density at radius 2 is 1.92 bits per heavy atom. The Labute approximate surface area is 86.7 Å². The third-order valence-corrected chi connectivity index (χ3v) is 1.62. The number of carbonyl (C=O) groups excluding carboxylic acids is 1. The van der Waals surface area contributed by atoms with Crippen LogP contribution in [0.4, 0.5) is 5.69 Å². The van der Waals surface area contributed by atoms with Crippen molar-refractivity contribution in [2.45, 2.75) is 0 Å². The maximum atomic E-state index is 10.7. The van der Waals surface area contributed by atoms with Gasteiger partial charge in [0.05, 0.1) is 0 Å². The van der Waals surface area contributed by atoms with Crippen LogP contribution >= 0.6 is 12.2 Å². The van der Waals surface area contributed by atoms with E-state index in [1.54, 1.807) is 24.3 Å². The van der Waals surface area contributed by atoms with Gasteiger partial charge in [-0.1, -0.05) is 4.32 Å². The van der Waals surface area contributed by atoms with E-state index in [2.05, 4.69) is 30.2 Å². The van der Waals surface area contributed by atoms with Crippen molar-refractivity contribution in [2.24, 2.45) is 5.73 Å². The van der Waals surface area contributed by atoms with E-state index >= 15 is 0 Å². The lowest BCUT2D eigenvalue weighted by molar-refractivity contribution is 0.100. The molecule has 3 nitrogen and oxygen atoms in total. The Kier molecular flexibility index (Phi) is 3.16. The Morgan fingerprint density at radius 3 is 2.31 bits per heavy atom. The number of hydrogen-bond donors (Lipinski definition) is 2. The molecule has 0 spiro atoms. The molecule has 0 fully saturated rings. The van der Waals surface area contributed by atoms with E-state index in [0.29, 0.717) is 5.56 Å². The van der Waals surface area contributed by atoms with Crippen LogP contribution in [0.5, 0.6) is 0 Å². The number of primary amides is 1. The zero-order valence-electron chi connectivity index (χ0n) is 6.61. The van der Waals surface area contributed by atoms with Gasteiger partial charge < -0.3 is 35.9 Å². The molecule has 5 heteroatoms. The van der Waals surface area contributed by atoms with Gasteiger partial charge in [0.15, 0.2) is 0 Å². The number of rotatable bonds is 2. The van der Waals surface area contributed by atoms with Gasteiger partial charge >= 0.3 is 0 Å². The number of nitrogens with one attached hydrogen (secondary N) is 1. The first-order valence-corrected chi connectivity index (χ1v) is 4.29. The number of amides is 1. The summed E-state index contributed by atoms with van der Waals surface area (Å²) in [6.07, 6.45) is 0. The molecule has 1 rings (SSSR count). The van der Waals surface area contributed by atoms with Crippen molar-refractivity contribution in [3.63, 3.8) is 0 Å². The second-order valence-electron chi connectivity index (χ2n) is 2.35. The number of nitrogens with two attached hydrogens (primary N) is 1. The van der Waals surface area contributed by atoms with Crippen LogP contribution in [0.25, 0.3) is 0 Å². The average Bonchev–Trinajstić information content (AvgIpc) is 2.04. The molecule has 0 unspecified atom stereocenters. The molecule has 0 bridgehead atoms. The first kappa shape index (κ1) is 9.88. The number of thiocarbonyl (C=S) groups is 1. The van der Waals surface area contributed by atoms with Gasteiger partial charge in [-0.3, -0.25) is 4.79 Å². The SMILES string of the molecule is NC(=O)c1ccc(NC(=S)[S-])cc1. The molecular weight excluding hydrogens is 204 g/mol. The van der Waals surface area contributed by atoms with Gasteiger partial charge in [0.2, 0.25) is 5.91 Å². The summed E-state index contributed by atoms with van der Waals surface area (Å²) in [6, 6.07) is 6.61. The summed E-state index contributed by atoms with van der Waals surface area (Å²) in [6.45, 7) is 0. The lowest BCUT2D eigenvalue weighted by Crippen LogP contribution is -2.11. The number of hydrogen-bond acceptors (Lipinski definition) is 3. The van der Waals surface area contributed by atoms with Gasteiger partial charge in [-0.05, 0) is 24.3 Å². The van der Waals surface area contributed by atoms with Gasteiger partial charge in [0.1, 0.15) is 0 Å². The van der Waals surface area contributed by atoms with Crippen LogP contribution in [0.15, 0.2) is 24.3 Å². The predicted octanol–water partition coefficient (Wildman–Crippen LogP) is 1.03. The largest absolute Gasteiger partial charge is 0.411 e. The van der Waals surface area contributed by atoms with E-state index in [-0.39, 0.29) is 4.32 Å². The van der Waals surface area contributed by atoms with Crippen molar-refractivity contribution in [2.75, 3.05) is 5.32 Å². The molecule has 0 aromatic heterocycles. The quantitative estimate of drug-likeness (QED) is 0.566. The molecule has 13 heavy (non-hydrogen) atoms. The predicted molar refractivity (Wildman–Crippen MR) is 58.5 cm³/mol. The molecule has 0 saturated heterocycles. The molecule has 0 heterocycles. The third kappa shape index (κ3) is 2.96. The molecule has 1 aromatic carbocycles. The summed E-state index contributed by atoms with van der Waals surface area (Å²) in [7, 11) is 0. The highest BCUT2D eigenvalue weighted by molar-refractivity contribution is 8.00. The normalized spacial score (nSPS) is 9.23. The van der Waals surface area contributed by atoms with Crippen LogP contribution in [-0.2, 0) is 12.6 Å². The van der Waals surface area contributed by atoms with Crippen LogP contribution in [0.1, 0.15) is 10.4 Å². The van der Waals surface area contributed by atoms with Crippen molar-refractivity contribution in [3.8, 4) is 0 Å². The molecule has 0 aliphatic carbocycles. The van der Waals surface area contributed by atoms with E-state index < -0.39 is 5.91 Å². The molecule has 0 aliphatic heterocycles. The molecule has 0 saturated carbocycles. The smallest absolute Gasteiger partial charge is 0.248 e. The summed E-state index contributed by atoms with van der Waals surface area (Å²) in [5.74, 6) is -0.451. The van der Waals surface area contributed by atoms with E-state index in [0.717, 1.165) is 5.69 Å². The maximum absolute atomic E-state index is 10.7. The molecule has 68 valence electrons. The maximum Gasteiger partial charge on any atom is 0.248 e. The zero-order valence-corrected chi connectivity index (χ0v) is 8.24. The highest BCUT2D eigenvalue weighted by atomic mass is 32.1. The summed E-state index contributed by atoms with van der Waals surface area (Å²) < 4.78 is 0.270. The molecule has 1 amide bonds. The second-order valence-corrected chi connectivity index (χ2v) is 3.43. The third-order valence-electron chi connectivity index (χ3n) is 1.42. The molecule has 0 atom stereocenters. The summed E-state index contributed by atoms with van der Waals surface area (Å²) in [5.41, 5.74) is 6.27. The van der Waals surface area contributed by atoms with Gasteiger partial charge in [-0.25, -0.2) is 0 Å². The Hall–Kier alpha value is -1.20. The summed E-state index contributed by atoms with van der Waals surface area (Å²) >= 11 is 9.35. The van der Waals surface area contributed by atoms with E-state index in [4.69, 9.17) is 5.73 Å². The van der Waals surface area contributed by atoms with Gasteiger partial charge in [0.25, 0.3) is 0 Å². The minimum atomic E-state index is -0.451. The molecule has 0 radical (unpaired) electrons. The van der Waals surface area contributed by atoms with Crippen molar-refractivity contribution in [1.82, 2.24) is 0 Å². The van der Waals surface area contributed by atoms with Gasteiger partial charge in [0, 0.05) is 11.3 Å². The molecular formula is C8H7N2OS2-.